The first-order chi connectivity index (χ1) is 9.15. The molecule has 0 radical (unpaired) electrons. The molecule has 19 heavy (non-hydrogen) atoms. The first kappa shape index (κ1) is 12.9. The molecule has 0 saturated heterocycles. The van der Waals surface area contributed by atoms with E-state index < -0.39 is 0 Å². The summed E-state index contributed by atoms with van der Waals surface area (Å²) in [5, 5.41) is 0.981. The van der Waals surface area contributed by atoms with Gasteiger partial charge >= 0.3 is 0 Å². The maximum atomic E-state index is 6.14. The average Bonchev–Trinajstić information content (AvgIpc) is 2.42. The second-order valence-electron chi connectivity index (χ2n) is 3.95. The molecule has 2 heterocycles. The smallest absolute Gasteiger partial charge is 0.162 e. The summed E-state index contributed by atoms with van der Waals surface area (Å²) in [6, 6.07) is 7.08. The quantitative estimate of drug-likeness (QED) is 0.727. The van der Waals surface area contributed by atoms with E-state index in [2.05, 4.69) is 4.98 Å². The third kappa shape index (κ3) is 2.46. The van der Waals surface area contributed by atoms with Gasteiger partial charge in [0.1, 0.15) is 18.4 Å². The third-order valence-corrected chi connectivity index (χ3v) is 3.66. The number of fused-ring (bicyclic) bond motifs is 1. The highest BCUT2D eigenvalue weighted by Gasteiger charge is 2.15. The normalized spacial score (nSPS) is 13.4. The number of pyridine rings is 1. The fraction of sp³-hybridized carbons (Fsp3) is 0.154. The highest BCUT2D eigenvalue weighted by Crippen LogP contribution is 2.37. The Labute approximate surface area is 125 Å². The van der Waals surface area contributed by atoms with E-state index in [-0.39, 0.29) is 5.15 Å². The largest absolute Gasteiger partial charge is 0.486 e. The Balaban J connectivity index is 2.09. The van der Waals surface area contributed by atoms with Crippen LogP contribution in [0, 0.1) is 0 Å². The molecule has 0 N–H and O–H groups in total. The molecule has 1 aliphatic rings. The molecule has 0 amide bonds. The van der Waals surface area contributed by atoms with Gasteiger partial charge in [-0.3, -0.25) is 0 Å². The predicted molar refractivity (Wildman–Crippen MR) is 75.7 cm³/mol. The zero-order chi connectivity index (χ0) is 13.4. The Hall–Kier alpha value is -1.16. The van der Waals surface area contributed by atoms with Gasteiger partial charge in [0.25, 0.3) is 0 Å². The number of rotatable bonds is 1. The predicted octanol–water partition coefficient (Wildman–Crippen LogP) is 4.48. The Kier molecular flexibility index (Phi) is 3.44. The van der Waals surface area contributed by atoms with Crippen molar-refractivity contribution in [3.05, 3.63) is 39.5 Å². The molecule has 1 aromatic heterocycles. The Morgan fingerprint density at radius 2 is 1.63 bits per heavy atom. The zero-order valence-electron chi connectivity index (χ0n) is 9.62. The van der Waals surface area contributed by atoms with E-state index in [0.29, 0.717) is 40.5 Å². The summed E-state index contributed by atoms with van der Waals surface area (Å²) in [6.07, 6.45) is 0. The van der Waals surface area contributed by atoms with Crippen LogP contribution in [0.3, 0.4) is 0 Å². The van der Waals surface area contributed by atoms with Crippen molar-refractivity contribution >= 4 is 34.8 Å². The lowest BCUT2D eigenvalue weighted by Crippen LogP contribution is -2.15. The van der Waals surface area contributed by atoms with Gasteiger partial charge in [-0.1, -0.05) is 34.8 Å². The number of hydrogen-bond acceptors (Lipinski definition) is 3. The monoisotopic (exact) mass is 315 g/mol. The molecule has 0 saturated carbocycles. The van der Waals surface area contributed by atoms with Crippen LogP contribution in [-0.2, 0) is 0 Å². The lowest BCUT2D eigenvalue weighted by molar-refractivity contribution is 0.171. The summed E-state index contributed by atoms with van der Waals surface area (Å²) in [7, 11) is 0. The van der Waals surface area contributed by atoms with E-state index in [9.17, 15) is 0 Å². The summed E-state index contributed by atoms with van der Waals surface area (Å²) in [5.74, 6) is 1.39. The molecule has 3 rings (SSSR count). The van der Waals surface area contributed by atoms with Crippen LogP contribution in [0.5, 0.6) is 11.5 Å². The molecule has 2 aromatic rings. The van der Waals surface area contributed by atoms with Gasteiger partial charge in [-0.2, -0.15) is 0 Å². The van der Waals surface area contributed by atoms with E-state index >= 15 is 0 Å². The number of benzene rings is 1. The van der Waals surface area contributed by atoms with E-state index in [1.807, 2.05) is 18.2 Å². The van der Waals surface area contributed by atoms with Crippen molar-refractivity contribution in [2.24, 2.45) is 0 Å². The van der Waals surface area contributed by atoms with Crippen LogP contribution in [0.4, 0.5) is 0 Å². The third-order valence-electron chi connectivity index (χ3n) is 2.70. The zero-order valence-corrected chi connectivity index (χ0v) is 11.9. The minimum Gasteiger partial charge on any atom is -0.486 e. The van der Waals surface area contributed by atoms with Crippen LogP contribution in [-0.4, -0.2) is 18.2 Å². The van der Waals surface area contributed by atoms with Crippen LogP contribution in [0.15, 0.2) is 24.3 Å². The van der Waals surface area contributed by atoms with E-state index in [0.717, 1.165) is 5.56 Å². The molecular weight excluding hydrogens is 309 g/mol. The van der Waals surface area contributed by atoms with Crippen molar-refractivity contribution in [3.63, 3.8) is 0 Å². The van der Waals surface area contributed by atoms with Crippen LogP contribution in [0.1, 0.15) is 0 Å². The molecule has 0 fully saturated rings. The first-order valence-corrected chi connectivity index (χ1v) is 6.70. The second-order valence-corrected chi connectivity index (χ2v) is 5.12. The summed E-state index contributed by atoms with van der Waals surface area (Å²) >= 11 is 17.9. The van der Waals surface area contributed by atoms with Crippen molar-refractivity contribution in [3.8, 4) is 22.8 Å². The Morgan fingerprint density at radius 3 is 2.42 bits per heavy atom. The molecular formula is C13H8Cl3NO2. The maximum Gasteiger partial charge on any atom is 0.162 e. The van der Waals surface area contributed by atoms with Crippen LogP contribution >= 0.6 is 34.8 Å². The lowest BCUT2D eigenvalue weighted by atomic mass is 10.1. The summed E-state index contributed by atoms with van der Waals surface area (Å²) in [4.78, 5) is 4.20. The first-order valence-electron chi connectivity index (χ1n) is 5.57. The molecule has 0 aliphatic carbocycles. The number of nitrogens with zero attached hydrogens (tertiary/aromatic N) is 1. The Bertz CT molecular complexity index is 646. The fourth-order valence-electron chi connectivity index (χ4n) is 1.84. The summed E-state index contributed by atoms with van der Waals surface area (Å²) in [5.41, 5.74) is 1.36. The highest BCUT2D eigenvalue weighted by atomic mass is 35.5. The molecule has 0 bridgehead atoms. The minimum atomic E-state index is 0.218. The second kappa shape index (κ2) is 5.08. The van der Waals surface area contributed by atoms with E-state index in [1.54, 1.807) is 6.07 Å². The topological polar surface area (TPSA) is 31.4 Å². The van der Waals surface area contributed by atoms with Crippen molar-refractivity contribution in [1.29, 1.82) is 0 Å². The lowest BCUT2D eigenvalue weighted by Gasteiger charge is -2.19. The van der Waals surface area contributed by atoms with Gasteiger partial charge in [-0.15, -0.1) is 0 Å². The summed E-state index contributed by atoms with van der Waals surface area (Å²) in [6.45, 7) is 1.08. The average molecular weight is 317 g/mol. The highest BCUT2D eigenvalue weighted by molar-refractivity contribution is 6.42. The van der Waals surface area contributed by atoms with E-state index in [4.69, 9.17) is 44.3 Å². The van der Waals surface area contributed by atoms with Crippen LogP contribution in [0.2, 0.25) is 15.2 Å². The molecule has 6 heteroatoms. The van der Waals surface area contributed by atoms with Crippen molar-refractivity contribution < 1.29 is 9.47 Å². The molecule has 1 aliphatic heterocycles. The van der Waals surface area contributed by atoms with Gasteiger partial charge < -0.3 is 9.47 Å². The van der Waals surface area contributed by atoms with Gasteiger partial charge in [0, 0.05) is 5.56 Å². The van der Waals surface area contributed by atoms with Gasteiger partial charge in [0.2, 0.25) is 0 Å². The van der Waals surface area contributed by atoms with Gasteiger partial charge in [0.05, 0.1) is 15.7 Å². The van der Waals surface area contributed by atoms with Crippen LogP contribution in [0.25, 0.3) is 11.3 Å². The van der Waals surface area contributed by atoms with Crippen molar-refractivity contribution in [2.45, 2.75) is 0 Å². The van der Waals surface area contributed by atoms with Gasteiger partial charge in [-0.05, 0) is 24.3 Å². The SMILES string of the molecule is Clc1cc(Cl)c(-c2ccc3c(c2)OCCO3)nc1Cl. The number of halogens is 3. The molecule has 0 unspecified atom stereocenters. The van der Waals surface area contributed by atoms with Crippen LogP contribution < -0.4 is 9.47 Å². The van der Waals surface area contributed by atoms with Crippen molar-refractivity contribution in [1.82, 2.24) is 4.98 Å². The van der Waals surface area contributed by atoms with Gasteiger partial charge in [0.15, 0.2) is 11.5 Å². The molecule has 1 aromatic carbocycles. The molecule has 0 atom stereocenters. The van der Waals surface area contributed by atoms with E-state index in [1.165, 1.54) is 0 Å². The standard InChI is InChI=1S/C13H8Cl3NO2/c14-8-6-9(15)13(16)17-12(8)7-1-2-10-11(5-7)19-4-3-18-10/h1-2,5-6H,3-4H2. The Morgan fingerprint density at radius 1 is 0.895 bits per heavy atom. The summed E-state index contributed by atoms with van der Waals surface area (Å²) < 4.78 is 11.0. The fourth-order valence-corrected chi connectivity index (χ4v) is 2.44. The number of ether oxygens (including phenoxy) is 2. The number of hydrogen-bond donors (Lipinski definition) is 0. The number of aromatic nitrogens is 1. The molecule has 98 valence electrons. The maximum absolute atomic E-state index is 6.14. The van der Waals surface area contributed by atoms with Gasteiger partial charge in [-0.25, -0.2) is 4.98 Å². The molecule has 3 nitrogen and oxygen atoms in total. The van der Waals surface area contributed by atoms with Crippen molar-refractivity contribution in [2.75, 3.05) is 13.2 Å². The molecule has 0 spiro atoms. The minimum absolute atomic E-state index is 0.218.